The number of fused-ring (bicyclic) bond motifs is 2. The van der Waals surface area contributed by atoms with Crippen molar-refractivity contribution < 1.29 is 21.6 Å². The van der Waals surface area contributed by atoms with Crippen molar-refractivity contribution in [3.8, 4) is 0 Å². The van der Waals surface area contributed by atoms with Gasteiger partial charge in [0.15, 0.2) is 0 Å². The Morgan fingerprint density at radius 2 is 1.96 bits per heavy atom. The topological polar surface area (TPSA) is 69.3 Å². The van der Waals surface area contributed by atoms with E-state index in [9.17, 15) is 21.6 Å². The number of halogens is 3. The van der Waals surface area contributed by atoms with Crippen LogP contribution in [0.15, 0.2) is 6.33 Å². The van der Waals surface area contributed by atoms with Gasteiger partial charge in [-0.25, -0.2) is 13.4 Å². The molecule has 0 saturated carbocycles. The first-order chi connectivity index (χ1) is 11.5. The molecule has 0 aliphatic carbocycles. The molecule has 2 aliphatic heterocycles. The van der Waals surface area contributed by atoms with E-state index in [4.69, 9.17) is 0 Å². The number of H-pyrrole nitrogens is 1. The minimum Gasteiger partial charge on any atom is -0.348 e. The second-order valence-electron chi connectivity index (χ2n) is 7.09. The number of imidazole rings is 1. The highest BCUT2D eigenvalue weighted by Crippen LogP contribution is 2.43. The van der Waals surface area contributed by atoms with Gasteiger partial charge in [-0.3, -0.25) is 0 Å². The van der Waals surface area contributed by atoms with Crippen LogP contribution < -0.4 is 0 Å². The first-order valence-electron chi connectivity index (χ1n) is 8.34. The fourth-order valence-electron chi connectivity index (χ4n) is 4.02. The standard InChI is InChI=1S/C15H23F3N4O2S/c1-11(15(16,17)18)9-21-7-4-14(5-8-21)13-12(19-10-20-13)3-6-22(14)25(2,23)24/h10-11H,3-9H2,1-2H3,(H,19,20)/t11-/m1/s1. The molecule has 10 heteroatoms. The number of hydrogen-bond acceptors (Lipinski definition) is 4. The number of hydrogen-bond donors (Lipinski definition) is 1. The maximum Gasteiger partial charge on any atom is 0.392 e. The number of rotatable bonds is 3. The molecule has 6 nitrogen and oxygen atoms in total. The fraction of sp³-hybridized carbons (Fsp3) is 0.800. The SMILES string of the molecule is C[C@H](CN1CCC2(CC1)c1nc[nH]c1CCN2S(C)(=O)=O)C(F)(F)F. The summed E-state index contributed by atoms with van der Waals surface area (Å²) in [6, 6.07) is 0. The summed E-state index contributed by atoms with van der Waals surface area (Å²) >= 11 is 0. The van der Waals surface area contributed by atoms with Gasteiger partial charge in [0.25, 0.3) is 0 Å². The average molecular weight is 380 g/mol. The summed E-state index contributed by atoms with van der Waals surface area (Å²) in [5.74, 6) is -1.40. The normalized spacial score (nSPS) is 23.6. The maximum absolute atomic E-state index is 12.8. The minimum absolute atomic E-state index is 0.0636. The molecule has 1 atom stereocenters. The van der Waals surface area contributed by atoms with E-state index >= 15 is 0 Å². The number of piperidine rings is 1. The lowest BCUT2D eigenvalue weighted by atomic mass is 9.80. The van der Waals surface area contributed by atoms with Crippen molar-refractivity contribution in [3.63, 3.8) is 0 Å². The molecule has 1 saturated heterocycles. The van der Waals surface area contributed by atoms with Crippen molar-refractivity contribution in [2.75, 3.05) is 32.4 Å². The third-order valence-corrected chi connectivity index (χ3v) is 6.71. The molecule has 1 fully saturated rings. The Morgan fingerprint density at radius 1 is 1.32 bits per heavy atom. The van der Waals surface area contributed by atoms with E-state index in [-0.39, 0.29) is 6.54 Å². The van der Waals surface area contributed by atoms with Crippen molar-refractivity contribution >= 4 is 10.0 Å². The second-order valence-corrected chi connectivity index (χ2v) is 9.00. The van der Waals surface area contributed by atoms with Crippen molar-refractivity contribution in [2.45, 2.75) is 37.9 Å². The molecule has 0 unspecified atom stereocenters. The van der Waals surface area contributed by atoms with Gasteiger partial charge >= 0.3 is 6.18 Å². The molecule has 142 valence electrons. The number of aromatic amines is 1. The summed E-state index contributed by atoms with van der Waals surface area (Å²) in [5, 5.41) is 0. The highest BCUT2D eigenvalue weighted by atomic mass is 32.2. The van der Waals surface area contributed by atoms with Crippen molar-refractivity contribution in [3.05, 3.63) is 17.7 Å². The third kappa shape index (κ3) is 3.43. The van der Waals surface area contributed by atoms with Gasteiger partial charge in [0.2, 0.25) is 10.0 Å². The molecule has 1 spiro atoms. The third-order valence-electron chi connectivity index (χ3n) is 5.38. The Bertz CT molecular complexity index is 723. The Balaban J connectivity index is 1.82. The highest BCUT2D eigenvalue weighted by molar-refractivity contribution is 7.88. The van der Waals surface area contributed by atoms with E-state index in [1.165, 1.54) is 17.5 Å². The molecule has 1 N–H and O–H groups in total. The van der Waals surface area contributed by atoms with E-state index in [1.54, 1.807) is 11.2 Å². The zero-order chi connectivity index (χ0) is 18.5. The lowest BCUT2D eigenvalue weighted by Crippen LogP contribution is -2.58. The average Bonchev–Trinajstić information content (AvgIpc) is 2.97. The van der Waals surface area contributed by atoms with Crippen LogP contribution in [0.5, 0.6) is 0 Å². The van der Waals surface area contributed by atoms with Crippen LogP contribution in [0.25, 0.3) is 0 Å². The maximum atomic E-state index is 12.8. The molecular weight excluding hydrogens is 357 g/mol. The number of alkyl halides is 3. The van der Waals surface area contributed by atoms with Crippen LogP contribution in [0.4, 0.5) is 13.2 Å². The molecule has 0 aromatic carbocycles. The van der Waals surface area contributed by atoms with Crippen molar-refractivity contribution in [2.24, 2.45) is 5.92 Å². The number of nitrogens with one attached hydrogen (secondary N) is 1. The first-order valence-corrected chi connectivity index (χ1v) is 10.2. The predicted octanol–water partition coefficient (Wildman–Crippen LogP) is 1.72. The monoisotopic (exact) mass is 380 g/mol. The summed E-state index contributed by atoms with van der Waals surface area (Å²) in [7, 11) is -3.44. The van der Waals surface area contributed by atoms with Crippen LogP contribution in [0.1, 0.15) is 31.2 Å². The van der Waals surface area contributed by atoms with Gasteiger partial charge in [-0.15, -0.1) is 0 Å². The molecule has 1 aromatic heterocycles. The van der Waals surface area contributed by atoms with Crippen LogP contribution >= 0.6 is 0 Å². The fourth-order valence-corrected chi connectivity index (χ4v) is 5.35. The summed E-state index contributed by atoms with van der Waals surface area (Å²) in [5.41, 5.74) is 0.906. The van der Waals surface area contributed by atoms with Gasteiger partial charge in [0.05, 0.1) is 29.7 Å². The van der Waals surface area contributed by atoms with Gasteiger partial charge in [-0.2, -0.15) is 17.5 Å². The number of sulfonamides is 1. The summed E-state index contributed by atoms with van der Waals surface area (Å²) in [4.78, 5) is 9.20. The van der Waals surface area contributed by atoms with E-state index in [0.29, 0.717) is 38.9 Å². The minimum atomic E-state index is -4.21. The molecule has 3 heterocycles. The first kappa shape index (κ1) is 18.7. The largest absolute Gasteiger partial charge is 0.392 e. The van der Waals surface area contributed by atoms with Crippen LogP contribution in [0.3, 0.4) is 0 Å². The summed E-state index contributed by atoms with van der Waals surface area (Å²) < 4.78 is 64.5. The lowest BCUT2D eigenvalue weighted by Gasteiger charge is -2.49. The molecule has 0 bridgehead atoms. The molecule has 0 radical (unpaired) electrons. The zero-order valence-electron chi connectivity index (χ0n) is 14.3. The molecule has 3 rings (SSSR count). The van der Waals surface area contributed by atoms with Crippen LogP contribution in [0, 0.1) is 5.92 Å². The van der Waals surface area contributed by atoms with Gasteiger partial charge in [-0.05, 0) is 12.8 Å². The zero-order valence-corrected chi connectivity index (χ0v) is 15.1. The Kier molecular flexibility index (Phi) is 4.66. The highest BCUT2D eigenvalue weighted by Gasteiger charge is 2.50. The van der Waals surface area contributed by atoms with Crippen molar-refractivity contribution in [1.82, 2.24) is 19.2 Å². The van der Waals surface area contributed by atoms with Crippen molar-refractivity contribution in [1.29, 1.82) is 0 Å². The second kappa shape index (κ2) is 6.24. The predicted molar refractivity (Wildman–Crippen MR) is 86.4 cm³/mol. The van der Waals surface area contributed by atoms with Gasteiger partial charge in [-0.1, -0.05) is 6.92 Å². The number of likely N-dealkylation sites (tertiary alicyclic amines) is 1. The molecule has 2 aliphatic rings. The molecule has 1 aromatic rings. The Morgan fingerprint density at radius 3 is 2.52 bits per heavy atom. The number of aromatic nitrogens is 2. The van der Waals surface area contributed by atoms with Gasteiger partial charge < -0.3 is 9.88 Å². The van der Waals surface area contributed by atoms with Gasteiger partial charge in [0, 0.05) is 38.3 Å². The van der Waals surface area contributed by atoms with Crippen LogP contribution in [-0.4, -0.2) is 66.2 Å². The lowest BCUT2D eigenvalue weighted by molar-refractivity contribution is -0.175. The Labute approximate surface area is 145 Å². The van der Waals surface area contributed by atoms with Crippen LogP contribution in [0.2, 0.25) is 0 Å². The molecule has 0 amide bonds. The Hall–Kier alpha value is -1.13. The van der Waals surface area contributed by atoms with E-state index in [1.807, 2.05) is 0 Å². The summed E-state index contributed by atoms with van der Waals surface area (Å²) in [6.07, 6.45) is -0.00109. The van der Waals surface area contributed by atoms with Crippen LogP contribution in [-0.2, 0) is 22.0 Å². The summed E-state index contributed by atoms with van der Waals surface area (Å²) in [6.45, 7) is 2.32. The van der Waals surface area contributed by atoms with E-state index in [0.717, 1.165) is 11.4 Å². The smallest absolute Gasteiger partial charge is 0.348 e. The van der Waals surface area contributed by atoms with E-state index < -0.39 is 27.7 Å². The molecular formula is C15H23F3N4O2S. The molecule has 25 heavy (non-hydrogen) atoms. The quantitative estimate of drug-likeness (QED) is 0.867. The van der Waals surface area contributed by atoms with E-state index in [2.05, 4.69) is 9.97 Å². The van der Waals surface area contributed by atoms with Gasteiger partial charge in [0.1, 0.15) is 0 Å². The number of nitrogens with zero attached hydrogens (tertiary/aromatic N) is 3.